The first-order valence-corrected chi connectivity index (χ1v) is 15.2. The van der Waals surface area contributed by atoms with Gasteiger partial charge in [-0.2, -0.15) is 0 Å². The molecular weight excluding hydrogens is 592 g/mol. The molecule has 0 saturated heterocycles. The Bertz CT molecular complexity index is 1310. The molecule has 46 heavy (non-hydrogen) atoms. The summed E-state index contributed by atoms with van der Waals surface area (Å²) in [7, 11) is 0. The summed E-state index contributed by atoms with van der Waals surface area (Å²) in [6.45, 7) is 10.8. The van der Waals surface area contributed by atoms with E-state index in [4.69, 9.17) is 9.47 Å². The Hall–Kier alpha value is -4.87. The Labute approximate surface area is 270 Å². The van der Waals surface area contributed by atoms with E-state index >= 15 is 0 Å². The fourth-order valence-electron chi connectivity index (χ4n) is 4.41. The lowest BCUT2D eigenvalue weighted by Gasteiger charge is -2.25. The normalized spacial score (nSPS) is 12.9. The molecule has 2 aromatic carbocycles. The van der Waals surface area contributed by atoms with Gasteiger partial charge in [-0.1, -0.05) is 55.1 Å². The van der Waals surface area contributed by atoms with Crippen molar-refractivity contribution < 1.29 is 38.6 Å². The van der Waals surface area contributed by atoms with Crippen LogP contribution in [-0.2, 0) is 36.8 Å². The summed E-state index contributed by atoms with van der Waals surface area (Å²) in [4.78, 5) is 63.0. The van der Waals surface area contributed by atoms with E-state index in [-0.39, 0.29) is 25.8 Å². The fourth-order valence-corrected chi connectivity index (χ4v) is 4.41. The number of benzene rings is 2. The van der Waals surface area contributed by atoms with Crippen molar-refractivity contribution in [1.82, 2.24) is 21.3 Å². The van der Waals surface area contributed by atoms with Crippen molar-refractivity contribution in [2.24, 2.45) is 0 Å². The van der Waals surface area contributed by atoms with Crippen molar-refractivity contribution in [2.75, 3.05) is 13.2 Å². The van der Waals surface area contributed by atoms with Gasteiger partial charge in [-0.05, 0) is 63.3 Å². The topological polar surface area (TPSA) is 172 Å². The predicted octanol–water partition coefficient (Wildman–Crippen LogP) is 3.29. The molecule has 4 amide bonds. The summed E-state index contributed by atoms with van der Waals surface area (Å²) in [5.41, 5.74) is 0.808. The van der Waals surface area contributed by atoms with Gasteiger partial charge in [-0.15, -0.1) is 0 Å². The first-order chi connectivity index (χ1) is 21.8. The molecule has 2 rings (SSSR count). The molecule has 0 fully saturated rings. The molecule has 0 aromatic heterocycles. The van der Waals surface area contributed by atoms with Crippen LogP contribution >= 0.6 is 0 Å². The molecule has 0 spiro atoms. The quantitative estimate of drug-likeness (QED) is 0.122. The van der Waals surface area contributed by atoms with Crippen LogP contribution < -0.4 is 26.0 Å². The largest absolute Gasteiger partial charge is 0.490 e. The van der Waals surface area contributed by atoms with Crippen LogP contribution in [0.4, 0.5) is 4.79 Å². The van der Waals surface area contributed by atoms with Crippen LogP contribution in [0.25, 0.3) is 0 Å². The van der Waals surface area contributed by atoms with E-state index in [1.54, 1.807) is 81.4 Å². The predicted molar refractivity (Wildman–Crippen MR) is 173 cm³/mol. The number of hydrogen-bond acceptors (Lipinski definition) is 7. The second-order valence-electron chi connectivity index (χ2n) is 11.8. The van der Waals surface area contributed by atoms with Gasteiger partial charge in [0.25, 0.3) is 0 Å². The number of unbranched alkanes of at least 4 members (excludes halogenated alkanes) is 1. The molecule has 0 radical (unpaired) electrons. The molecule has 0 unspecified atom stereocenters. The van der Waals surface area contributed by atoms with Gasteiger partial charge in [-0.25, -0.2) is 9.59 Å². The molecule has 12 heteroatoms. The number of carbonyl (C=O) groups excluding carboxylic acids is 4. The summed E-state index contributed by atoms with van der Waals surface area (Å²) in [6.07, 6.45) is 2.24. The van der Waals surface area contributed by atoms with Gasteiger partial charge in [0.05, 0.1) is 0 Å². The Morgan fingerprint density at radius 2 is 1.41 bits per heavy atom. The molecule has 0 saturated carbocycles. The van der Waals surface area contributed by atoms with Gasteiger partial charge in [0.1, 0.15) is 36.1 Å². The minimum atomic E-state index is -1.24. The molecule has 0 aliphatic carbocycles. The molecule has 12 nitrogen and oxygen atoms in total. The smallest absolute Gasteiger partial charge is 0.407 e. The van der Waals surface area contributed by atoms with E-state index in [0.717, 1.165) is 11.1 Å². The van der Waals surface area contributed by atoms with Gasteiger partial charge in [-0.3, -0.25) is 14.4 Å². The zero-order valence-electron chi connectivity index (χ0n) is 27.0. The molecule has 5 N–H and O–H groups in total. The fraction of sp³-hybridized carbons (Fsp3) is 0.441. The Balaban J connectivity index is 2.16. The molecule has 0 heterocycles. The van der Waals surface area contributed by atoms with Gasteiger partial charge in [0.15, 0.2) is 0 Å². The average Bonchev–Trinajstić information content (AvgIpc) is 2.98. The van der Waals surface area contributed by atoms with Crippen LogP contribution in [-0.4, -0.2) is 71.8 Å². The van der Waals surface area contributed by atoms with Crippen LogP contribution in [0.2, 0.25) is 0 Å². The van der Waals surface area contributed by atoms with Gasteiger partial charge in [0.2, 0.25) is 17.7 Å². The van der Waals surface area contributed by atoms with Crippen LogP contribution in [0.5, 0.6) is 5.75 Å². The Kier molecular flexibility index (Phi) is 15.3. The highest BCUT2D eigenvalue weighted by Crippen LogP contribution is 2.14. The monoisotopic (exact) mass is 638 g/mol. The Morgan fingerprint density at radius 3 is 2.00 bits per heavy atom. The second-order valence-corrected chi connectivity index (χ2v) is 11.8. The molecule has 0 aliphatic rings. The lowest BCUT2D eigenvalue weighted by molar-refractivity contribution is -0.142. The SMILES string of the molecule is C=CCOc1ccc(C[C@H](NC(C)=O)C(=O)N[C@@H](CCCCNC(=O)OC(C)(C)C)C(=O)N[C@@H](Cc2ccccc2)C(=O)O)cc1. The number of aliphatic carboxylic acids is 1. The number of nitrogens with one attached hydrogen (secondary N) is 4. The summed E-state index contributed by atoms with van der Waals surface area (Å²) >= 11 is 0. The number of ether oxygens (including phenoxy) is 2. The van der Waals surface area contributed by atoms with Crippen LogP contribution in [0.1, 0.15) is 58.1 Å². The molecule has 3 atom stereocenters. The molecule has 250 valence electrons. The summed E-state index contributed by atoms with van der Waals surface area (Å²) in [5, 5.41) is 20.4. The number of rotatable bonds is 18. The van der Waals surface area contributed by atoms with E-state index in [2.05, 4.69) is 27.8 Å². The standard InChI is InChI=1S/C34H46N4O8/c1-6-20-45-26-17-15-25(16-18-26)21-28(36-23(2)39)31(41)37-27(14-10-11-19-35-33(44)46-34(3,4)5)30(40)38-29(32(42)43)22-24-12-8-7-9-13-24/h6-9,12-13,15-18,27-29H,1,10-11,14,19-22H2,2-5H3,(H,35,44)(H,36,39)(H,37,41)(H,38,40)(H,42,43)/t27-,28-,29-/m0/s1. The number of carboxylic acid groups (broad SMARTS) is 1. The van der Waals surface area contributed by atoms with E-state index in [1.165, 1.54) is 6.92 Å². The Morgan fingerprint density at radius 1 is 0.826 bits per heavy atom. The second kappa shape index (κ2) is 18.8. The van der Waals surface area contributed by atoms with Gasteiger partial charge >= 0.3 is 12.1 Å². The zero-order chi connectivity index (χ0) is 34.1. The maximum absolute atomic E-state index is 13.5. The van der Waals surface area contributed by atoms with Crippen LogP contribution in [0.15, 0.2) is 67.3 Å². The van der Waals surface area contributed by atoms with E-state index in [9.17, 15) is 29.1 Å². The third kappa shape index (κ3) is 14.7. The zero-order valence-corrected chi connectivity index (χ0v) is 27.0. The van der Waals surface area contributed by atoms with Crippen molar-refractivity contribution >= 4 is 29.8 Å². The van der Waals surface area contributed by atoms with Crippen LogP contribution in [0.3, 0.4) is 0 Å². The summed E-state index contributed by atoms with van der Waals surface area (Å²) < 4.78 is 10.7. The first kappa shape index (κ1) is 37.3. The van der Waals surface area contributed by atoms with E-state index < -0.39 is 53.5 Å². The van der Waals surface area contributed by atoms with Crippen molar-refractivity contribution in [3.05, 3.63) is 78.4 Å². The third-order valence-electron chi connectivity index (χ3n) is 6.54. The van der Waals surface area contributed by atoms with Crippen molar-refractivity contribution in [3.8, 4) is 5.75 Å². The number of carbonyl (C=O) groups is 5. The highest BCUT2D eigenvalue weighted by Gasteiger charge is 2.29. The minimum absolute atomic E-state index is 0.0451. The van der Waals surface area contributed by atoms with Crippen molar-refractivity contribution in [3.63, 3.8) is 0 Å². The molecule has 0 aliphatic heterocycles. The molecule has 0 bridgehead atoms. The summed E-state index contributed by atoms with van der Waals surface area (Å²) in [6, 6.07) is 12.5. The number of alkyl carbamates (subject to hydrolysis) is 1. The lowest BCUT2D eigenvalue weighted by atomic mass is 10.0. The van der Waals surface area contributed by atoms with Gasteiger partial charge < -0.3 is 35.8 Å². The highest BCUT2D eigenvalue weighted by atomic mass is 16.6. The number of carboxylic acids is 1. The molecule has 2 aromatic rings. The highest BCUT2D eigenvalue weighted by molar-refractivity contribution is 5.93. The first-order valence-electron chi connectivity index (χ1n) is 15.2. The number of hydrogen-bond donors (Lipinski definition) is 5. The lowest BCUT2D eigenvalue weighted by Crippen LogP contribution is -2.56. The van der Waals surface area contributed by atoms with Crippen LogP contribution in [0, 0.1) is 0 Å². The van der Waals surface area contributed by atoms with E-state index in [0.29, 0.717) is 25.2 Å². The number of amides is 4. The van der Waals surface area contributed by atoms with Crippen molar-refractivity contribution in [1.29, 1.82) is 0 Å². The third-order valence-corrected chi connectivity index (χ3v) is 6.54. The van der Waals surface area contributed by atoms with E-state index in [1.807, 2.05) is 0 Å². The molecular formula is C34H46N4O8. The van der Waals surface area contributed by atoms with Crippen molar-refractivity contribution in [2.45, 2.75) is 83.5 Å². The summed E-state index contributed by atoms with van der Waals surface area (Å²) in [5.74, 6) is -2.33. The maximum Gasteiger partial charge on any atom is 0.407 e. The van der Waals surface area contributed by atoms with Gasteiger partial charge in [0, 0.05) is 26.3 Å². The minimum Gasteiger partial charge on any atom is -0.490 e. The maximum atomic E-state index is 13.5. The average molecular weight is 639 g/mol.